The number of aliphatic imine (C=N–C) groups is 1. The van der Waals surface area contributed by atoms with Crippen molar-refractivity contribution < 1.29 is 9.47 Å². The number of quaternary nitrogens is 1. The first-order chi connectivity index (χ1) is 16.0. The van der Waals surface area contributed by atoms with Gasteiger partial charge < -0.3 is 14.8 Å². The van der Waals surface area contributed by atoms with E-state index in [2.05, 4.69) is 24.4 Å². The molecule has 33 heavy (non-hydrogen) atoms. The van der Waals surface area contributed by atoms with Gasteiger partial charge in [-0.15, -0.1) is 0 Å². The zero-order valence-electron chi connectivity index (χ0n) is 19.8. The maximum Gasteiger partial charge on any atom is 0.254 e. The van der Waals surface area contributed by atoms with E-state index >= 15 is 0 Å². The number of nitrogens with zero attached hydrogens (tertiary/aromatic N) is 3. The second-order valence-electron chi connectivity index (χ2n) is 8.25. The third-order valence-electron chi connectivity index (χ3n) is 6.06. The van der Waals surface area contributed by atoms with Crippen LogP contribution in [0.3, 0.4) is 0 Å². The van der Waals surface area contributed by atoms with Crippen molar-refractivity contribution in [1.29, 1.82) is 0 Å². The fourth-order valence-corrected chi connectivity index (χ4v) is 4.14. The van der Waals surface area contributed by atoms with Gasteiger partial charge >= 0.3 is 0 Å². The van der Waals surface area contributed by atoms with E-state index in [0.29, 0.717) is 26.3 Å². The van der Waals surface area contributed by atoms with Gasteiger partial charge in [0.2, 0.25) is 0 Å². The Morgan fingerprint density at radius 1 is 1.00 bits per heavy atom. The topological polar surface area (TPSA) is 81.8 Å². The average Bonchev–Trinajstić information content (AvgIpc) is 3.12. The molecule has 1 aliphatic rings. The second kappa shape index (κ2) is 9.70. The van der Waals surface area contributed by atoms with E-state index in [1.165, 1.54) is 0 Å². The highest BCUT2D eigenvalue weighted by Crippen LogP contribution is 2.47. The molecule has 1 aromatic heterocycles. The molecule has 3 aromatic rings. The lowest BCUT2D eigenvalue weighted by Crippen LogP contribution is -2.59. The normalized spacial score (nSPS) is 16.9. The minimum absolute atomic E-state index is 0.0890. The summed E-state index contributed by atoms with van der Waals surface area (Å²) in [5.74, 6) is 9.47. The van der Waals surface area contributed by atoms with E-state index in [1.807, 2.05) is 56.3 Å². The molecule has 4 rings (SSSR count). The molecule has 0 bridgehead atoms. The predicted molar refractivity (Wildman–Crippen MR) is 134 cm³/mol. The third kappa shape index (κ3) is 4.61. The van der Waals surface area contributed by atoms with Crippen LogP contribution >= 0.6 is 0 Å². The van der Waals surface area contributed by atoms with Crippen molar-refractivity contribution in [1.82, 2.24) is 9.58 Å². The zero-order valence-corrected chi connectivity index (χ0v) is 19.8. The summed E-state index contributed by atoms with van der Waals surface area (Å²) in [5, 5.41) is 3.48. The van der Waals surface area contributed by atoms with Gasteiger partial charge in [0.25, 0.3) is 5.84 Å². The number of aromatic nitrogens is 1. The van der Waals surface area contributed by atoms with Gasteiger partial charge in [0, 0.05) is 30.0 Å². The van der Waals surface area contributed by atoms with Gasteiger partial charge in [0.15, 0.2) is 17.2 Å². The van der Waals surface area contributed by atoms with Gasteiger partial charge in [-0.05, 0) is 38.5 Å². The van der Waals surface area contributed by atoms with Crippen LogP contribution in [0.15, 0.2) is 59.6 Å². The molecule has 0 spiro atoms. The Labute approximate surface area is 195 Å². The third-order valence-corrected chi connectivity index (χ3v) is 6.06. The highest BCUT2D eigenvalue weighted by molar-refractivity contribution is 6.05. The van der Waals surface area contributed by atoms with Gasteiger partial charge in [0.05, 0.1) is 7.11 Å². The number of fused-ring (bicyclic) bond motifs is 1. The minimum atomic E-state index is 0.0890. The number of nitrogens with one attached hydrogen (secondary N) is 1. The van der Waals surface area contributed by atoms with Crippen molar-refractivity contribution in [3.05, 3.63) is 77.0 Å². The molecule has 2 heterocycles. The molecule has 0 fully saturated rings. The molecule has 172 valence electrons. The van der Waals surface area contributed by atoms with E-state index in [-0.39, 0.29) is 4.59 Å². The Morgan fingerprint density at radius 2 is 1.73 bits per heavy atom. The minimum Gasteiger partial charge on any atom is -0.497 e. The Kier molecular flexibility index (Phi) is 6.74. The highest BCUT2D eigenvalue weighted by Gasteiger charge is 2.45. The number of hydrogen-bond donors (Lipinski definition) is 2. The van der Waals surface area contributed by atoms with Crippen LogP contribution in [0.4, 0.5) is 17.2 Å². The molecule has 1 unspecified atom stereocenters. The van der Waals surface area contributed by atoms with Crippen molar-refractivity contribution in [3.63, 3.8) is 0 Å². The molecule has 0 saturated heterocycles. The molecular weight excluding hydrogens is 414 g/mol. The van der Waals surface area contributed by atoms with Gasteiger partial charge in [0.1, 0.15) is 18.9 Å². The summed E-state index contributed by atoms with van der Waals surface area (Å²) in [6.45, 7) is 8.22. The average molecular weight is 447 g/mol. The zero-order chi connectivity index (χ0) is 23.4. The Balaban J connectivity index is 1.72. The lowest BCUT2D eigenvalue weighted by molar-refractivity contribution is 0.177. The van der Waals surface area contributed by atoms with Crippen LogP contribution < -0.4 is 20.5 Å². The number of nitrogens with two attached hydrogens (primary N) is 1. The fraction of sp³-hybridized carbons (Fsp3) is 0.308. The first kappa shape index (κ1) is 22.9. The molecule has 1 aliphatic heterocycles. The Bertz CT molecular complexity index is 1150. The number of hydrogen-bond acceptors (Lipinski definition) is 6. The number of benzene rings is 2. The van der Waals surface area contributed by atoms with Crippen LogP contribution in [0.25, 0.3) is 0 Å². The molecule has 0 saturated carbocycles. The van der Waals surface area contributed by atoms with E-state index in [0.717, 1.165) is 51.2 Å². The van der Waals surface area contributed by atoms with Crippen LogP contribution in [-0.2, 0) is 17.8 Å². The van der Waals surface area contributed by atoms with Crippen LogP contribution in [0, 0.1) is 13.8 Å². The quantitative estimate of drug-likeness (QED) is 0.365. The maximum atomic E-state index is 7.12. The van der Waals surface area contributed by atoms with Crippen LogP contribution in [0.2, 0.25) is 0 Å². The second-order valence-corrected chi connectivity index (χ2v) is 8.25. The predicted octanol–water partition coefficient (Wildman–Crippen LogP) is 4.78. The molecule has 0 amide bonds. The lowest BCUT2D eigenvalue weighted by atomic mass is 10.1. The van der Waals surface area contributed by atoms with Crippen LogP contribution in [0.1, 0.15) is 29.3 Å². The maximum absolute atomic E-state index is 7.12. The number of aryl methyl sites for hydroxylation is 1. The number of anilines is 1. The van der Waals surface area contributed by atoms with E-state index in [4.69, 9.17) is 25.3 Å². The number of rotatable bonds is 9. The van der Waals surface area contributed by atoms with Gasteiger partial charge in [-0.3, -0.25) is 0 Å². The molecule has 7 heteroatoms. The van der Waals surface area contributed by atoms with E-state index < -0.39 is 0 Å². The number of methoxy groups -OCH3 is 1. The van der Waals surface area contributed by atoms with Crippen LogP contribution in [0.5, 0.6) is 5.75 Å². The van der Waals surface area contributed by atoms with Crippen molar-refractivity contribution in [2.45, 2.75) is 33.9 Å². The lowest BCUT2D eigenvalue weighted by Gasteiger charge is -2.30. The summed E-state index contributed by atoms with van der Waals surface area (Å²) >= 11 is 0. The van der Waals surface area contributed by atoms with Gasteiger partial charge in [-0.1, -0.05) is 42.5 Å². The summed E-state index contributed by atoms with van der Waals surface area (Å²) in [4.78, 5) is 9.81. The SMILES string of the molecule is CCOCC1=Nc2c(NCc3ccc(OC)cc3)nc(C)c(C)c2[N+]1(N)Cc1ccccc1. The smallest absolute Gasteiger partial charge is 0.254 e. The van der Waals surface area contributed by atoms with Gasteiger partial charge in [-0.25, -0.2) is 4.98 Å². The molecule has 1 atom stereocenters. The highest BCUT2D eigenvalue weighted by atomic mass is 16.5. The van der Waals surface area contributed by atoms with Crippen molar-refractivity contribution in [3.8, 4) is 5.75 Å². The standard InChI is InChI=1S/C26H32N5O2/c1-5-33-17-23-30-24-25(31(23,27)16-21-9-7-6-8-10-21)18(2)19(3)29-26(24)28-15-20-11-13-22(32-4)14-12-20/h6-14H,5,15-17,27H2,1-4H3,(H,28,29)/q+1. The van der Waals surface area contributed by atoms with Crippen molar-refractivity contribution in [2.24, 2.45) is 10.8 Å². The number of pyridine rings is 1. The molecule has 0 aliphatic carbocycles. The summed E-state index contributed by atoms with van der Waals surface area (Å²) in [6, 6.07) is 18.2. The van der Waals surface area contributed by atoms with Gasteiger partial charge in [-0.2, -0.15) is 15.4 Å². The first-order valence-electron chi connectivity index (χ1n) is 11.2. The fourth-order valence-electron chi connectivity index (χ4n) is 4.14. The van der Waals surface area contributed by atoms with Crippen molar-refractivity contribution >= 4 is 23.0 Å². The molecular formula is C26H32N5O2+. The number of amidine groups is 1. The summed E-state index contributed by atoms with van der Waals surface area (Å²) < 4.78 is 11.1. The largest absolute Gasteiger partial charge is 0.497 e. The monoisotopic (exact) mass is 446 g/mol. The number of ether oxygens (including phenoxy) is 2. The summed E-state index contributed by atoms with van der Waals surface area (Å²) in [7, 11) is 1.67. The van der Waals surface area contributed by atoms with E-state index in [9.17, 15) is 0 Å². The molecule has 0 radical (unpaired) electrons. The van der Waals surface area contributed by atoms with Crippen LogP contribution in [-0.4, -0.2) is 31.1 Å². The van der Waals surface area contributed by atoms with E-state index in [1.54, 1.807) is 7.11 Å². The summed E-state index contributed by atoms with van der Waals surface area (Å²) in [6.07, 6.45) is 0. The van der Waals surface area contributed by atoms with Crippen molar-refractivity contribution in [2.75, 3.05) is 25.6 Å². The molecule has 3 N–H and O–H groups in total. The summed E-state index contributed by atoms with van der Waals surface area (Å²) in [5.41, 5.74) is 6.00. The Hall–Kier alpha value is -3.26. The Morgan fingerprint density at radius 3 is 2.39 bits per heavy atom. The first-order valence-corrected chi connectivity index (χ1v) is 11.2. The molecule has 2 aromatic carbocycles. The molecule has 7 nitrogen and oxygen atoms in total.